The van der Waals surface area contributed by atoms with E-state index in [-0.39, 0.29) is 5.60 Å². The lowest BCUT2D eigenvalue weighted by Gasteiger charge is -2.18. The van der Waals surface area contributed by atoms with Crippen molar-refractivity contribution in [2.45, 2.75) is 26.4 Å². The first kappa shape index (κ1) is 9.61. The van der Waals surface area contributed by atoms with Crippen LogP contribution in [0.2, 0.25) is 0 Å². The molecule has 0 amide bonds. The van der Waals surface area contributed by atoms with Crippen LogP contribution in [0, 0.1) is 0 Å². The monoisotopic (exact) mass is 186 g/mol. The number of rotatable bonds is 2. The Balaban J connectivity index is 2.34. The van der Waals surface area contributed by atoms with Crippen LogP contribution in [0.1, 0.15) is 20.8 Å². The first-order chi connectivity index (χ1) is 5.47. The third kappa shape index (κ3) is 3.28. The second-order valence-electron chi connectivity index (χ2n) is 3.56. The molecule has 0 saturated carbocycles. The Kier molecular flexibility index (Phi) is 2.80. The van der Waals surface area contributed by atoms with Gasteiger partial charge in [0.05, 0.1) is 5.60 Å². The molecule has 0 radical (unpaired) electrons. The van der Waals surface area contributed by atoms with Gasteiger partial charge >= 0.3 is 0 Å². The summed E-state index contributed by atoms with van der Waals surface area (Å²) >= 11 is 1.43. The van der Waals surface area contributed by atoms with Crippen LogP contribution in [0.15, 0.2) is 16.6 Å². The Labute approximate surface area is 77.4 Å². The SMILES string of the molecule is C=C1N=C(COC(C)(C)C)NS1. The summed E-state index contributed by atoms with van der Waals surface area (Å²) in [7, 11) is 0. The van der Waals surface area contributed by atoms with E-state index in [1.54, 1.807) is 0 Å². The molecule has 0 aliphatic carbocycles. The minimum absolute atomic E-state index is 0.112. The molecule has 4 heteroatoms. The van der Waals surface area contributed by atoms with Gasteiger partial charge in [-0.2, -0.15) is 0 Å². The normalized spacial score (nSPS) is 17.6. The highest BCUT2D eigenvalue weighted by molar-refractivity contribution is 8.02. The number of nitrogens with zero attached hydrogens (tertiary/aromatic N) is 1. The summed E-state index contributed by atoms with van der Waals surface area (Å²) in [5.41, 5.74) is -0.112. The fraction of sp³-hybridized carbons (Fsp3) is 0.625. The number of hydrogen-bond acceptors (Lipinski definition) is 4. The molecule has 1 aliphatic rings. The van der Waals surface area contributed by atoms with Gasteiger partial charge < -0.3 is 9.46 Å². The molecule has 3 nitrogen and oxygen atoms in total. The van der Waals surface area contributed by atoms with Gasteiger partial charge in [-0.05, 0) is 20.8 Å². The molecule has 0 unspecified atom stereocenters. The minimum Gasteiger partial charge on any atom is -0.368 e. The van der Waals surface area contributed by atoms with E-state index in [1.807, 2.05) is 20.8 Å². The minimum atomic E-state index is -0.112. The van der Waals surface area contributed by atoms with Gasteiger partial charge in [-0.15, -0.1) is 0 Å². The van der Waals surface area contributed by atoms with E-state index >= 15 is 0 Å². The second-order valence-corrected chi connectivity index (χ2v) is 4.44. The van der Waals surface area contributed by atoms with E-state index in [1.165, 1.54) is 11.9 Å². The zero-order chi connectivity index (χ0) is 9.19. The smallest absolute Gasteiger partial charge is 0.139 e. The Morgan fingerprint density at radius 3 is 2.67 bits per heavy atom. The van der Waals surface area contributed by atoms with E-state index in [0.717, 1.165) is 10.9 Å². The Morgan fingerprint density at radius 2 is 2.25 bits per heavy atom. The van der Waals surface area contributed by atoms with Gasteiger partial charge in [-0.1, -0.05) is 6.58 Å². The van der Waals surface area contributed by atoms with Gasteiger partial charge in [0.15, 0.2) is 0 Å². The molecule has 0 aromatic heterocycles. The zero-order valence-corrected chi connectivity index (χ0v) is 8.49. The average molecular weight is 186 g/mol. The van der Waals surface area contributed by atoms with Crippen molar-refractivity contribution in [1.29, 1.82) is 0 Å². The Bertz CT molecular complexity index is 218. The first-order valence-electron chi connectivity index (χ1n) is 3.81. The van der Waals surface area contributed by atoms with Gasteiger partial charge in [-0.25, -0.2) is 4.99 Å². The molecule has 68 valence electrons. The van der Waals surface area contributed by atoms with Crippen LogP contribution in [-0.2, 0) is 4.74 Å². The highest BCUT2D eigenvalue weighted by Crippen LogP contribution is 2.17. The summed E-state index contributed by atoms with van der Waals surface area (Å²) in [5.74, 6) is 0.847. The molecule has 12 heavy (non-hydrogen) atoms. The van der Waals surface area contributed by atoms with Crippen molar-refractivity contribution in [3.63, 3.8) is 0 Å². The maximum Gasteiger partial charge on any atom is 0.139 e. The lowest BCUT2D eigenvalue weighted by Crippen LogP contribution is -2.27. The third-order valence-electron chi connectivity index (χ3n) is 1.19. The van der Waals surface area contributed by atoms with E-state index in [9.17, 15) is 0 Å². The Hall–Kier alpha value is -0.480. The van der Waals surface area contributed by atoms with Crippen molar-refractivity contribution in [3.8, 4) is 0 Å². The van der Waals surface area contributed by atoms with Gasteiger partial charge in [-0.3, -0.25) is 0 Å². The third-order valence-corrected chi connectivity index (χ3v) is 1.85. The molecule has 1 rings (SSSR count). The molecule has 1 aliphatic heterocycles. The highest BCUT2D eigenvalue weighted by Gasteiger charge is 2.14. The zero-order valence-electron chi connectivity index (χ0n) is 7.68. The van der Waals surface area contributed by atoms with Gasteiger partial charge in [0.1, 0.15) is 17.5 Å². The second kappa shape index (κ2) is 3.49. The van der Waals surface area contributed by atoms with Crippen molar-refractivity contribution < 1.29 is 4.74 Å². The van der Waals surface area contributed by atoms with Crippen molar-refractivity contribution in [2.24, 2.45) is 4.99 Å². The first-order valence-corrected chi connectivity index (χ1v) is 4.62. The summed E-state index contributed by atoms with van der Waals surface area (Å²) in [6.45, 7) is 10.3. The van der Waals surface area contributed by atoms with Crippen molar-refractivity contribution in [1.82, 2.24) is 4.72 Å². The number of hydrogen-bond donors (Lipinski definition) is 1. The number of ether oxygens (including phenoxy) is 1. The van der Waals surface area contributed by atoms with Crippen LogP contribution in [-0.4, -0.2) is 18.0 Å². The molecule has 0 aromatic carbocycles. The number of aliphatic imine (C=N–C) groups is 1. The number of nitrogens with one attached hydrogen (secondary N) is 1. The van der Waals surface area contributed by atoms with Crippen LogP contribution >= 0.6 is 11.9 Å². The molecule has 0 bridgehead atoms. The molecule has 1 heterocycles. The quantitative estimate of drug-likeness (QED) is 0.669. The molecule has 0 aromatic rings. The molecule has 0 atom stereocenters. The van der Waals surface area contributed by atoms with E-state index in [2.05, 4.69) is 16.3 Å². The molecule has 0 spiro atoms. The molecule has 1 N–H and O–H groups in total. The lowest BCUT2D eigenvalue weighted by molar-refractivity contribution is 0.0208. The molecule has 0 saturated heterocycles. The van der Waals surface area contributed by atoms with Crippen molar-refractivity contribution in [2.75, 3.05) is 6.61 Å². The van der Waals surface area contributed by atoms with Crippen molar-refractivity contribution in [3.05, 3.63) is 11.6 Å². The van der Waals surface area contributed by atoms with Crippen LogP contribution in [0.3, 0.4) is 0 Å². The van der Waals surface area contributed by atoms with Crippen LogP contribution in [0.5, 0.6) is 0 Å². The predicted octanol–water partition coefficient (Wildman–Crippen LogP) is 1.92. The summed E-state index contributed by atoms with van der Waals surface area (Å²) in [4.78, 5) is 4.14. The average Bonchev–Trinajstić information content (AvgIpc) is 2.30. The molecular formula is C8H14N2OS. The summed E-state index contributed by atoms with van der Waals surface area (Å²) < 4.78 is 8.53. The van der Waals surface area contributed by atoms with E-state index in [4.69, 9.17) is 4.74 Å². The maximum absolute atomic E-state index is 5.51. The van der Waals surface area contributed by atoms with E-state index < -0.39 is 0 Å². The van der Waals surface area contributed by atoms with Crippen LogP contribution in [0.25, 0.3) is 0 Å². The number of amidine groups is 1. The Morgan fingerprint density at radius 1 is 1.58 bits per heavy atom. The lowest BCUT2D eigenvalue weighted by atomic mass is 10.2. The fourth-order valence-corrected chi connectivity index (χ4v) is 1.16. The highest BCUT2D eigenvalue weighted by atomic mass is 32.2. The molecular weight excluding hydrogens is 172 g/mol. The van der Waals surface area contributed by atoms with Crippen LogP contribution < -0.4 is 4.72 Å². The summed E-state index contributed by atoms with van der Waals surface area (Å²) in [6.07, 6.45) is 0. The standard InChI is InChI=1S/C8H14N2OS/c1-6-9-7(10-12-6)5-11-8(2,3)4/h1,5H2,2-4H3,(H,9,10). The predicted molar refractivity (Wildman–Crippen MR) is 53.0 cm³/mol. The largest absolute Gasteiger partial charge is 0.368 e. The van der Waals surface area contributed by atoms with Crippen LogP contribution in [0.4, 0.5) is 0 Å². The fourth-order valence-electron chi connectivity index (χ4n) is 0.661. The topological polar surface area (TPSA) is 33.6 Å². The van der Waals surface area contributed by atoms with Gasteiger partial charge in [0, 0.05) is 11.9 Å². The van der Waals surface area contributed by atoms with Gasteiger partial charge in [0.25, 0.3) is 0 Å². The van der Waals surface area contributed by atoms with Crippen molar-refractivity contribution >= 4 is 17.8 Å². The molecule has 0 fully saturated rings. The maximum atomic E-state index is 5.51. The van der Waals surface area contributed by atoms with E-state index in [0.29, 0.717) is 6.61 Å². The van der Waals surface area contributed by atoms with Gasteiger partial charge in [0.2, 0.25) is 0 Å². The summed E-state index contributed by atoms with van der Waals surface area (Å²) in [6, 6.07) is 0. The summed E-state index contributed by atoms with van der Waals surface area (Å²) in [5, 5.41) is 0.794.